The normalized spacial score (nSPS) is 21.5. The highest BCUT2D eigenvalue weighted by Crippen LogP contribution is 2.35. The number of thioether (sulfide) groups is 1. The van der Waals surface area contributed by atoms with Crippen LogP contribution in [0.4, 0.5) is 0 Å². The largest absolute Gasteiger partial charge is 0.343 e. The zero-order valence-corrected chi connectivity index (χ0v) is 14.3. The molecule has 1 saturated carbocycles. The Hall–Kier alpha value is -0.990. The van der Waals surface area contributed by atoms with Gasteiger partial charge in [0.05, 0.1) is 6.07 Å². The smallest absolute Gasteiger partial charge is 0.224 e. The predicted octanol–water partition coefficient (Wildman–Crippen LogP) is 3.99. The molecule has 1 N–H and O–H groups in total. The molecule has 1 aromatic rings. The number of nitriles is 1. The standard InChI is InChI=1S/C16H19BrN2OS/c17-13-5-3-6-14(10-13)21-11-12-4-1-2-7-15(12)16(20)19-9-8-18/h3,5-6,10,12,15H,1-2,4,7,9,11H2,(H,19,20)/t12-,15+/m0/s1. The molecule has 0 unspecified atom stereocenters. The molecule has 1 aliphatic rings. The summed E-state index contributed by atoms with van der Waals surface area (Å²) in [6.07, 6.45) is 4.36. The predicted molar refractivity (Wildman–Crippen MR) is 88.9 cm³/mol. The molecule has 5 heteroatoms. The Kier molecular flexibility index (Phi) is 6.59. The average Bonchev–Trinajstić information content (AvgIpc) is 2.51. The summed E-state index contributed by atoms with van der Waals surface area (Å²) in [4.78, 5) is 13.4. The molecule has 0 heterocycles. The highest BCUT2D eigenvalue weighted by Gasteiger charge is 2.30. The van der Waals surface area contributed by atoms with Crippen molar-refractivity contribution in [3.8, 4) is 6.07 Å². The van der Waals surface area contributed by atoms with Crippen molar-refractivity contribution in [1.29, 1.82) is 5.26 Å². The second kappa shape index (κ2) is 8.45. The summed E-state index contributed by atoms with van der Waals surface area (Å²) < 4.78 is 1.08. The first-order valence-electron chi connectivity index (χ1n) is 7.23. The Morgan fingerprint density at radius 1 is 1.43 bits per heavy atom. The summed E-state index contributed by atoms with van der Waals surface area (Å²) in [7, 11) is 0. The van der Waals surface area contributed by atoms with Crippen LogP contribution in [0.15, 0.2) is 33.6 Å². The fourth-order valence-corrected chi connectivity index (χ4v) is 4.51. The van der Waals surface area contributed by atoms with Crippen molar-refractivity contribution < 1.29 is 4.79 Å². The molecule has 1 fully saturated rings. The van der Waals surface area contributed by atoms with Gasteiger partial charge in [0.1, 0.15) is 6.54 Å². The zero-order chi connectivity index (χ0) is 15.1. The summed E-state index contributed by atoms with van der Waals surface area (Å²) in [5.74, 6) is 1.48. The van der Waals surface area contributed by atoms with Gasteiger partial charge in [-0.3, -0.25) is 4.79 Å². The summed E-state index contributed by atoms with van der Waals surface area (Å²) in [6, 6.07) is 10.2. The van der Waals surface area contributed by atoms with E-state index in [4.69, 9.17) is 5.26 Å². The molecule has 21 heavy (non-hydrogen) atoms. The van der Waals surface area contributed by atoms with E-state index < -0.39 is 0 Å². The van der Waals surface area contributed by atoms with Crippen LogP contribution in [0.5, 0.6) is 0 Å². The number of carbonyl (C=O) groups excluding carboxylic acids is 1. The van der Waals surface area contributed by atoms with Gasteiger partial charge < -0.3 is 5.32 Å². The lowest BCUT2D eigenvalue weighted by molar-refractivity contribution is -0.127. The van der Waals surface area contributed by atoms with E-state index >= 15 is 0 Å². The fraction of sp³-hybridized carbons (Fsp3) is 0.500. The number of hydrogen-bond acceptors (Lipinski definition) is 3. The van der Waals surface area contributed by atoms with Gasteiger partial charge in [0.25, 0.3) is 0 Å². The van der Waals surface area contributed by atoms with Crippen molar-refractivity contribution in [3.05, 3.63) is 28.7 Å². The molecule has 1 aromatic carbocycles. The molecule has 0 radical (unpaired) electrons. The van der Waals surface area contributed by atoms with Gasteiger partial charge in [-0.2, -0.15) is 5.26 Å². The van der Waals surface area contributed by atoms with Crippen molar-refractivity contribution in [2.45, 2.75) is 30.6 Å². The molecular formula is C16H19BrN2OS. The van der Waals surface area contributed by atoms with E-state index in [-0.39, 0.29) is 18.4 Å². The van der Waals surface area contributed by atoms with E-state index in [2.05, 4.69) is 33.4 Å². The van der Waals surface area contributed by atoms with Gasteiger partial charge in [0, 0.05) is 21.0 Å². The Bertz CT molecular complexity index is 529. The lowest BCUT2D eigenvalue weighted by Gasteiger charge is -2.30. The van der Waals surface area contributed by atoms with Gasteiger partial charge in [-0.25, -0.2) is 0 Å². The third kappa shape index (κ3) is 5.05. The van der Waals surface area contributed by atoms with Gasteiger partial charge in [-0.05, 0) is 37.0 Å². The molecule has 0 spiro atoms. The van der Waals surface area contributed by atoms with Crippen LogP contribution in [0.3, 0.4) is 0 Å². The van der Waals surface area contributed by atoms with Crippen LogP contribution in [-0.4, -0.2) is 18.2 Å². The van der Waals surface area contributed by atoms with Crippen LogP contribution in [0.2, 0.25) is 0 Å². The molecule has 3 nitrogen and oxygen atoms in total. The maximum atomic E-state index is 12.2. The number of amides is 1. The summed E-state index contributed by atoms with van der Waals surface area (Å²) >= 11 is 5.29. The van der Waals surface area contributed by atoms with Crippen LogP contribution in [0.1, 0.15) is 25.7 Å². The molecule has 2 atom stereocenters. The number of carbonyl (C=O) groups is 1. The van der Waals surface area contributed by atoms with E-state index in [1.54, 1.807) is 0 Å². The van der Waals surface area contributed by atoms with E-state index in [0.29, 0.717) is 5.92 Å². The second-order valence-electron chi connectivity index (χ2n) is 5.30. The highest BCUT2D eigenvalue weighted by molar-refractivity contribution is 9.10. The topological polar surface area (TPSA) is 52.9 Å². The van der Waals surface area contributed by atoms with Gasteiger partial charge in [-0.1, -0.05) is 34.8 Å². The van der Waals surface area contributed by atoms with Crippen LogP contribution in [0.25, 0.3) is 0 Å². The van der Waals surface area contributed by atoms with Crippen LogP contribution in [-0.2, 0) is 4.79 Å². The van der Waals surface area contributed by atoms with Crippen molar-refractivity contribution in [3.63, 3.8) is 0 Å². The van der Waals surface area contributed by atoms with Gasteiger partial charge in [0.15, 0.2) is 0 Å². The van der Waals surface area contributed by atoms with Crippen molar-refractivity contribution >= 4 is 33.6 Å². The van der Waals surface area contributed by atoms with Crippen molar-refractivity contribution in [2.24, 2.45) is 11.8 Å². The Balaban J connectivity index is 1.92. The minimum absolute atomic E-state index is 0.0519. The molecular weight excluding hydrogens is 348 g/mol. The number of benzene rings is 1. The van der Waals surface area contributed by atoms with Crippen LogP contribution in [0, 0.1) is 23.2 Å². The molecule has 0 bridgehead atoms. The maximum absolute atomic E-state index is 12.2. The van der Waals surface area contributed by atoms with E-state index in [0.717, 1.165) is 29.5 Å². The highest BCUT2D eigenvalue weighted by atomic mass is 79.9. The first kappa shape index (κ1) is 16.4. The van der Waals surface area contributed by atoms with Crippen LogP contribution >= 0.6 is 27.7 Å². The molecule has 2 rings (SSSR count). The average molecular weight is 367 g/mol. The second-order valence-corrected chi connectivity index (χ2v) is 7.30. The number of rotatable bonds is 5. The molecule has 112 valence electrons. The first-order valence-corrected chi connectivity index (χ1v) is 9.01. The molecule has 1 aliphatic carbocycles. The molecule has 1 amide bonds. The van der Waals surface area contributed by atoms with Crippen molar-refractivity contribution in [1.82, 2.24) is 5.32 Å². The quantitative estimate of drug-likeness (QED) is 0.633. The van der Waals surface area contributed by atoms with Crippen molar-refractivity contribution in [2.75, 3.05) is 12.3 Å². The van der Waals surface area contributed by atoms with Crippen LogP contribution < -0.4 is 5.32 Å². The minimum Gasteiger partial charge on any atom is -0.343 e. The number of nitrogens with one attached hydrogen (secondary N) is 1. The number of nitrogens with zero attached hydrogens (tertiary/aromatic N) is 1. The first-order chi connectivity index (χ1) is 10.2. The monoisotopic (exact) mass is 366 g/mol. The molecule has 0 aromatic heterocycles. The number of hydrogen-bond donors (Lipinski definition) is 1. The summed E-state index contributed by atoms with van der Waals surface area (Å²) in [5.41, 5.74) is 0. The van der Waals surface area contributed by atoms with Gasteiger partial charge in [-0.15, -0.1) is 11.8 Å². The number of halogens is 1. The third-order valence-corrected chi connectivity index (χ3v) is 5.52. The minimum atomic E-state index is 0.0519. The SMILES string of the molecule is N#CCNC(=O)[C@@H]1CCCC[C@H]1CSc1cccc(Br)c1. The van der Waals surface area contributed by atoms with E-state index in [1.807, 2.05) is 30.0 Å². The fourth-order valence-electron chi connectivity index (χ4n) is 2.77. The third-order valence-electron chi connectivity index (χ3n) is 3.85. The summed E-state index contributed by atoms with van der Waals surface area (Å²) in [5, 5.41) is 11.3. The molecule has 0 aliphatic heterocycles. The summed E-state index contributed by atoms with van der Waals surface area (Å²) in [6.45, 7) is 0.112. The Morgan fingerprint density at radius 3 is 3.00 bits per heavy atom. The molecule has 0 saturated heterocycles. The Labute approximate surface area is 138 Å². The van der Waals surface area contributed by atoms with E-state index in [9.17, 15) is 4.79 Å². The van der Waals surface area contributed by atoms with Gasteiger partial charge in [0.2, 0.25) is 5.91 Å². The Morgan fingerprint density at radius 2 is 2.24 bits per heavy atom. The van der Waals surface area contributed by atoms with E-state index in [1.165, 1.54) is 11.3 Å². The zero-order valence-electron chi connectivity index (χ0n) is 11.8. The lowest BCUT2D eigenvalue weighted by atomic mass is 9.80. The lowest BCUT2D eigenvalue weighted by Crippen LogP contribution is -2.37. The maximum Gasteiger partial charge on any atom is 0.224 e. The van der Waals surface area contributed by atoms with Gasteiger partial charge >= 0.3 is 0 Å².